The minimum atomic E-state index is 0.117. The standard InChI is InChI=1S/C9H7ClN4O2S/c1-4-11-7(10)6(3-15)8(12-4)17-9-14-13-5(2)16-9/h3H,1-2H3. The van der Waals surface area contributed by atoms with Gasteiger partial charge in [-0.25, -0.2) is 9.97 Å². The van der Waals surface area contributed by atoms with E-state index in [2.05, 4.69) is 20.2 Å². The van der Waals surface area contributed by atoms with Crippen LogP contribution >= 0.6 is 23.4 Å². The lowest BCUT2D eigenvalue weighted by atomic mass is 10.4. The molecule has 2 aromatic heterocycles. The molecular weight excluding hydrogens is 264 g/mol. The first-order valence-electron chi connectivity index (χ1n) is 4.57. The van der Waals surface area contributed by atoms with Gasteiger partial charge in [0.25, 0.3) is 5.22 Å². The number of aromatic nitrogens is 4. The summed E-state index contributed by atoms with van der Waals surface area (Å²) in [6.07, 6.45) is 0.604. The molecule has 0 aromatic carbocycles. The highest BCUT2D eigenvalue weighted by Crippen LogP contribution is 2.29. The van der Waals surface area contributed by atoms with E-state index in [0.717, 1.165) is 11.8 Å². The SMILES string of the molecule is Cc1nc(Cl)c(C=O)c(Sc2nnc(C)o2)n1. The fraction of sp³-hybridized carbons (Fsp3) is 0.222. The van der Waals surface area contributed by atoms with Gasteiger partial charge in [-0.05, 0) is 18.7 Å². The van der Waals surface area contributed by atoms with E-state index in [4.69, 9.17) is 16.0 Å². The van der Waals surface area contributed by atoms with Crippen molar-refractivity contribution >= 4 is 29.6 Å². The second-order valence-corrected chi connectivity index (χ2v) is 4.39. The second kappa shape index (κ2) is 4.80. The lowest BCUT2D eigenvalue weighted by Crippen LogP contribution is -1.98. The maximum atomic E-state index is 10.9. The van der Waals surface area contributed by atoms with Crippen molar-refractivity contribution in [1.82, 2.24) is 20.2 Å². The third kappa shape index (κ3) is 2.62. The monoisotopic (exact) mass is 270 g/mol. The van der Waals surface area contributed by atoms with Crippen LogP contribution < -0.4 is 0 Å². The van der Waals surface area contributed by atoms with Crippen molar-refractivity contribution < 1.29 is 9.21 Å². The molecular formula is C9H7ClN4O2S. The number of halogens is 1. The summed E-state index contributed by atoms with van der Waals surface area (Å²) < 4.78 is 5.19. The normalized spacial score (nSPS) is 10.5. The topological polar surface area (TPSA) is 81.8 Å². The zero-order chi connectivity index (χ0) is 12.4. The van der Waals surface area contributed by atoms with Crippen LogP contribution in [0.3, 0.4) is 0 Å². The Morgan fingerprint density at radius 3 is 2.65 bits per heavy atom. The smallest absolute Gasteiger partial charge is 0.282 e. The first-order valence-corrected chi connectivity index (χ1v) is 5.77. The Bertz CT molecular complexity index is 572. The van der Waals surface area contributed by atoms with Crippen molar-refractivity contribution in [1.29, 1.82) is 0 Å². The maximum absolute atomic E-state index is 10.9. The highest BCUT2D eigenvalue weighted by atomic mass is 35.5. The summed E-state index contributed by atoms with van der Waals surface area (Å²) in [5, 5.41) is 8.31. The molecule has 17 heavy (non-hydrogen) atoms. The predicted molar refractivity (Wildman–Crippen MR) is 60.3 cm³/mol. The number of hydrogen-bond donors (Lipinski definition) is 0. The van der Waals surface area contributed by atoms with Crippen molar-refractivity contribution in [2.75, 3.05) is 0 Å². The van der Waals surface area contributed by atoms with Crippen LogP contribution in [0.5, 0.6) is 0 Å². The molecule has 6 nitrogen and oxygen atoms in total. The third-order valence-electron chi connectivity index (χ3n) is 1.79. The first-order chi connectivity index (χ1) is 8.10. The molecule has 0 aliphatic carbocycles. The number of rotatable bonds is 3. The van der Waals surface area contributed by atoms with Gasteiger partial charge in [0, 0.05) is 6.92 Å². The van der Waals surface area contributed by atoms with Crippen molar-refractivity contribution in [3.63, 3.8) is 0 Å². The van der Waals surface area contributed by atoms with Crippen LogP contribution in [0.1, 0.15) is 22.1 Å². The number of aryl methyl sites for hydroxylation is 2. The molecule has 0 unspecified atom stereocenters. The van der Waals surface area contributed by atoms with Crippen LogP contribution in [0.4, 0.5) is 0 Å². The molecule has 0 bridgehead atoms. The Kier molecular flexibility index (Phi) is 3.39. The summed E-state index contributed by atoms with van der Waals surface area (Å²) in [5.41, 5.74) is 0.220. The van der Waals surface area contributed by atoms with Gasteiger partial charge in [0.2, 0.25) is 5.89 Å². The van der Waals surface area contributed by atoms with Crippen molar-refractivity contribution in [3.05, 3.63) is 22.4 Å². The summed E-state index contributed by atoms with van der Waals surface area (Å²) >= 11 is 6.92. The summed E-state index contributed by atoms with van der Waals surface area (Å²) in [6, 6.07) is 0. The summed E-state index contributed by atoms with van der Waals surface area (Å²) in [5.74, 6) is 0.913. The van der Waals surface area contributed by atoms with Gasteiger partial charge in [0.05, 0.1) is 5.56 Å². The fourth-order valence-corrected chi connectivity index (χ4v) is 2.26. The molecule has 0 fully saturated rings. The van der Waals surface area contributed by atoms with Crippen molar-refractivity contribution in [2.24, 2.45) is 0 Å². The lowest BCUT2D eigenvalue weighted by Gasteiger charge is -2.03. The summed E-state index contributed by atoms with van der Waals surface area (Å²) in [4.78, 5) is 18.9. The van der Waals surface area contributed by atoms with E-state index in [0.29, 0.717) is 28.3 Å². The van der Waals surface area contributed by atoms with Crippen LogP contribution in [0.15, 0.2) is 14.7 Å². The fourth-order valence-electron chi connectivity index (χ4n) is 1.10. The third-order valence-corrected chi connectivity index (χ3v) is 2.92. The summed E-state index contributed by atoms with van der Waals surface area (Å²) in [7, 11) is 0. The molecule has 0 atom stereocenters. The zero-order valence-electron chi connectivity index (χ0n) is 8.97. The number of hydrogen-bond acceptors (Lipinski definition) is 7. The Balaban J connectivity index is 2.41. The molecule has 0 radical (unpaired) electrons. The Labute approximate surface area is 106 Å². The molecule has 0 saturated heterocycles. The predicted octanol–water partition coefficient (Wildman–Crippen LogP) is 2.09. The molecule has 8 heteroatoms. The Morgan fingerprint density at radius 2 is 2.06 bits per heavy atom. The van der Waals surface area contributed by atoms with Gasteiger partial charge in [0.15, 0.2) is 6.29 Å². The van der Waals surface area contributed by atoms with Gasteiger partial charge in [-0.15, -0.1) is 10.2 Å². The molecule has 2 heterocycles. The van der Waals surface area contributed by atoms with Gasteiger partial charge in [-0.2, -0.15) is 0 Å². The van der Waals surface area contributed by atoms with Crippen molar-refractivity contribution in [3.8, 4) is 0 Å². The highest BCUT2D eigenvalue weighted by Gasteiger charge is 2.15. The van der Waals surface area contributed by atoms with Crippen LogP contribution in [0.25, 0.3) is 0 Å². The van der Waals surface area contributed by atoms with Crippen LogP contribution in [0.2, 0.25) is 5.15 Å². The highest BCUT2D eigenvalue weighted by molar-refractivity contribution is 7.99. The molecule has 0 spiro atoms. The van der Waals surface area contributed by atoms with E-state index < -0.39 is 0 Å². The molecule has 0 saturated carbocycles. The number of carbonyl (C=O) groups is 1. The maximum Gasteiger partial charge on any atom is 0.282 e. The minimum absolute atomic E-state index is 0.117. The average molecular weight is 271 g/mol. The van der Waals surface area contributed by atoms with Gasteiger partial charge in [-0.1, -0.05) is 11.6 Å². The average Bonchev–Trinajstić information content (AvgIpc) is 2.63. The van der Waals surface area contributed by atoms with Gasteiger partial charge < -0.3 is 4.42 Å². The number of carbonyl (C=O) groups excluding carboxylic acids is 1. The van der Waals surface area contributed by atoms with Crippen LogP contribution in [-0.2, 0) is 0 Å². The Hall–Kier alpha value is -1.47. The minimum Gasteiger partial charge on any atom is -0.416 e. The molecule has 2 rings (SSSR count). The van der Waals surface area contributed by atoms with Crippen molar-refractivity contribution in [2.45, 2.75) is 24.1 Å². The number of aldehydes is 1. The van der Waals surface area contributed by atoms with E-state index in [-0.39, 0.29) is 10.7 Å². The quantitative estimate of drug-likeness (QED) is 0.624. The van der Waals surface area contributed by atoms with E-state index >= 15 is 0 Å². The van der Waals surface area contributed by atoms with Crippen LogP contribution in [0, 0.1) is 13.8 Å². The molecule has 0 aliphatic heterocycles. The molecule has 0 aliphatic rings. The molecule has 2 aromatic rings. The van der Waals surface area contributed by atoms with Gasteiger partial charge in [-0.3, -0.25) is 4.79 Å². The first kappa shape index (κ1) is 12.0. The lowest BCUT2D eigenvalue weighted by molar-refractivity contribution is 0.112. The number of nitrogens with zero attached hydrogens (tertiary/aromatic N) is 4. The van der Waals surface area contributed by atoms with E-state index in [1.807, 2.05) is 0 Å². The Morgan fingerprint density at radius 1 is 1.29 bits per heavy atom. The van der Waals surface area contributed by atoms with Gasteiger partial charge >= 0.3 is 0 Å². The molecule has 0 amide bonds. The van der Waals surface area contributed by atoms with Crippen LogP contribution in [-0.4, -0.2) is 26.5 Å². The zero-order valence-corrected chi connectivity index (χ0v) is 10.5. The van der Waals surface area contributed by atoms with E-state index in [1.54, 1.807) is 13.8 Å². The van der Waals surface area contributed by atoms with Gasteiger partial charge in [0.1, 0.15) is 16.0 Å². The largest absolute Gasteiger partial charge is 0.416 e. The molecule has 88 valence electrons. The second-order valence-electron chi connectivity index (χ2n) is 3.09. The molecule has 0 N–H and O–H groups in total. The van der Waals surface area contributed by atoms with E-state index in [9.17, 15) is 4.79 Å². The van der Waals surface area contributed by atoms with E-state index in [1.165, 1.54) is 0 Å². The summed E-state index contributed by atoms with van der Waals surface area (Å²) in [6.45, 7) is 3.36.